The summed E-state index contributed by atoms with van der Waals surface area (Å²) in [6.07, 6.45) is 0.998. The third-order valence-corrected chi connectivity index (χ3v) is 3.84. The molecule has 2 aromatic rings. The van der Waals surface area contributed by atoms with Crippen molar-refractivity contribution in [2.24, 2.45) is 5.73 Å². The van der Waals surface area contributed by atoms with E-state index in [0.29, 0.717) is 5.56 Å². The Morgan fingerprint density at radius 3 is 2.90 bits per heavy atom. The number of fused-ring (bicyclic) bond motifs is 1. The monoisotopic (exact) mass is 281 g/mol. The lowest BCUT2D eigenvalue weighted by molar-refractivity contribution is 0.100. The van der Waals surface area contributed by atoms with Crippen molar-refractivity contribution < 1.29 is 4.79 Å². The molecule has 4 heteroatoms. The van der Waals surface area contributed by atoms with Crippen LogP contribution in [0.2, 0.25) is 0 Å². The maximum absolute atomic E-state index is 11.3. The fourth-order valence-electron chi connectivity index (χ4n) is 2.77. The van der Waals surface area contributed by atoms with E-state index in [1.54, 1.807) is 6.07 Å². The highest BCUT2D eigenvalue weighted by atomic mass is 16.1. The molecule has 108 valence electrons. The first-order valence-corrected chi connectivity index (χ1v) is 7.19. The minimum absolute atomic E-state index is 0.235. The molecule has 2 aromatic carbocycles. The second kappa shape index (κ2) is 5.97. The number of carbonyl (C=O) groups is 1. The third kappa shape index (κ3) is 3.06. The number of carbonyl (C=O) groups excluding carboxylic acids is 1. The molecule has 0 saturated heterocycles. The SMILES string of the molecule is NC(=O)c1cccc(NC2CCNCc3ccccc32)c1. The van der Waals surface area contributed by atoms with Crippen LogP contribution >= 0.6 is 0 Å². The van der Waals surface area contributed by atoms with Crippen LogP contribution in [0.4, 0.5) is 5.69 Å². The highest BCUT2D eigenvalue weighted by Crippen LogP contribution is 2.27. The van der Waals surface area contributed by atoms with Crippen molar-refractivity contribution in [2.75, 3.05) is 11.9 Å². The van der Waals surface area contributed by atoms with E-state index in [1.807, 2.05) is 18.2 Å². The first-order valence-electron chi connectivity index (χ1n) is 7.19. The third-order valence-electron chi connectivity index (χ3n) is 3.84. The van der Waals surface area contributed by atoms with Crippen LogP contribution in [0, 0.1) is 0 Å². The fourth-order valence-corrected chi connectivity index (χ4v) is 2.77. The summed E-state index contributed by atoms with van der Waals surface area (Å²) in [5.41, 5.74) is 9.42. The number of nitrogens with one attached hydrogen (secondary N) is 2. The first kappa shape index (κ1) is 13.6. The van der Waals surface area contributed by atoms with Gasteiger partial charge in [0.15, 0.2) is 0 Å². The zero-order valence-electron chi connectivity index (χ0n) is 11.8. The van der Waals surface area contributed by atoms with E-state index in [0.717, 1.165) is 25.2 Å². The number of primary amides is 1. The van der Waals surface area contributed by atoms with E-state index in [-0.39, 0.29) is 6.04 Å². The van der Waals surface area contributed by atoms with Gasteiger partial charge in [-0.25, -0.2) is 0 Å². The van der Waals surface area contributed by atoms with Gasteiger partial charge in [-0.3, -0.25) is 4.79 Å². The van der Waals surface area contributed by atoms with Gasteiger partial charge in [-0.05, 0) is 42.3 Å². The maximum Gasteiger partial charge on any atom is 0.248 e. The molecule has 1 heterocycles. The number of nitrogens with two attached hydrogens (primary N) is 1. The highest BCUT2D eigenvalue weighted by Gasteiger charge is 2.18. The van der Waals surface area contributed by atoms with Gasteiger partial charge in [-0.1, -0.05) is 30.3 Å². The summed E-state index contributed by atoms with van der Waals surface area (Å²) >= 11 is 0. The van der Waals surface area contributed by atoms with E-state index in [1.165, 1.54) is 11.1 Å². The van der Waals surface area contributed by atoms with Crippen LogP contribution in [0.15, 0.2) is 48.5 Å². The molecular weight excluding hydrogens is 262 g/mol. The lowest BCUT2D eigenvalue weighted by Gasteiger charge is -2.20. The molecule has 0 radical (unpaired) electrons. The Morgan fingerprint density at radius 1 is 1.19 bits per heavy atom. The van der Waals surface area contributed by atoms with E-state index in [4.69, 9.17) is 5.73 Å². The molecule has 4 nitrogen and oxygen atoms in total. The van der Waals surface area contributed by atoms with Crippen LogP contribution in [0.1, 0.15) is 33.9 Å². The van der Waals surface area contributed by atoms with Gasteiger partial charge in [-0.2, -0.15) is 0 Å². The normalized spacial score (nSPS) is 17.6. The van der Waals surface area contributed by atoms with Gasteiger partial charge in [-0.15, -0.1) is 0 Å². The van der Waals surface area contributed by atoms with Crippen molar-refractivity contribution in [1.82, 2.24) is 5.32 Å². The molecule has 3 rings (SSSR count). The molecule has 0 bridgehead atoms. The lowest BCUT2D eigenvalue weighted by Crippen LogP contribution is -2.16. The number of hydrogen-bond acceptors (Lipinski definition) is 3. The van der Waals surface area contributed by atoms with Crippen LogP contribution in [0.25, 0.3) is 0 Å². The van der Waals surface area contributed by atoms with Gasteiger partial charge in [0.25, 0.3) is 0 Å². The Labute approximate surface area is 124 Å². The largest absolute Gasteiger partial charge is 0.378 e. The zero-order valence-corrected chi connectivity index (χ0v) is 11.8. The topological polar surface area (TPSA) is 67.2 Å². The van der Waals surface area contributed by atoms with Crippen molar-refractivity contribution in [3.8, 4) is 0 Å². The van der Waals surface area contributed by atoms with Crippen LogP contribution in [-0.2, 0) is 6.54 Å². The van der Waals surface area contributed by atoms with Gasteiger partial charge in [0.2, 0.25) is 5.91 Å². The summed E-state index contributed by atoms with van der Waals surface area (Å²) in [4.78, 5) is 11.3. The summed E-state index contributed by atoms with van der Waals surface area (Å²) in [5.74, 6) is -0.401. The van der Waals surface area contributed by atoms with Crippen LogP contribution < -0.4 is 16.4 Å². The van der Waals surface area contributed by atoms with E-state index >= 15 is 0 Å². The van der Waals surface area contributed by atoms with E-state index in [9.17, 15) is 4.79 Å². The Morgan fingerprint density at radius 2 is 2.05 bits per heavy atom. The smallest absolute Gasteiger partial charge is 0.248 e. The van der Waals surface area contributed by atoms with Gasteiger partial charge >= 0.3 is 0 Å². The first-order chi connectivity index (χ1) is 10.2. The molecule has 1 unspecified atom stereocenters. The summed E-state index contributed by atoms with van der Waals surface area (Å²) in [5, 5.41) is 6.96. The maximum atomic E-state index is 11.3. The van der Waals surface area contributed by atoms with Crippen molar-refractivity contribution in [1.29, 1.82) is 0 Å². The molecule has 0 spiro atoms. The molecule has 0 saturated carbocycles. The van der Waals surface area contributed by atoms with Crippen molar-refractivity contribution in [3.63, 3.8) is 0 Å². The predicted molar refractivity (Wildman–Crippen MR) is 84.1 cm³/mol. The minimum Gasteiger partial charge on any atom is -0.378 e. The number of hydrogen-bond donors (Lipinski definition) is 3. The molecular formula is C17H19N3O. The Hall–Kier alpha value is -2.33. The second-order valence-electron chi connectivity index (χ2n) is 5.31. The molecule has 21 heavy (non-hydrogen) atoms. The van der Waals surface area contributed by atoms with Crippen molar-refractivity contribution in [3.05, 3.63) is 65.2 Å². The summed E-state index contributed by atoms with van der Waals surface area (Å²) < 4.78 is 0. The average Bonchev–Trinajstić information content (AvgIpc) is 2.70. The molecule has 0 aliphatic carbocycles. The Balaban J connectivity index is 1.87. The van der Waals surface area contributed by atoms with E-state index in [2.05, 4.69) is 34.9 Å². The fraction of sp³-hybridized carbons (Fsp3) is 0.235. The average molecular weight is 281 g/mol. The number of rotatable bonds is 3. The zero-order chi connectivity index (χ0) is 14.7. The minimum atomic E-state index is -0.401. The van der Waals surface area contributed by atoms with Gasteiger partial charge in [0.05, 0.1) is 6.04 Å². The van der Waals surface area contributed by atoms with E-state index < -0.39 is 5.91 Å². The van der Waals surface area contributed by atoms with Gasteiger partial charge in [0.1, 0.15) is 0 Å². The quantitative estimate of drug-likeness (QED) is 0.809. The van der Waals surface area contributed by atoms with Crippen LogP contribution in [0.5, 0.6) is 0 Å². The van der Waals surface area contributed by atoms with Crippen molar-refractivity contribution >= 4 is 11.6 Å². The Kier molecular flexibility index (Phi) is 3.88. The number of anilines is 1. The van der Waals surface area contributed by atoms with Gasteiger partial charge < -0.3 is 16.4 Å². The molecule has 4 N–H and O–H groups in total. The molecule has 1 aliphatic heterocycles. The van der Waals surface area contributed by atoms with Crippen LogP contribution in [-0.4, -0.2) is 12.5 Å². The second-order valence-corrected chi connectivity index (χ2v) is 5.31. The number of amides is 1. The van der Waals surface area contributed by atoms with Crippen LogP contribution in [0.3, 0.4) is 0 Å². The molecule has 1 amide bonds. The summed E-state index contributed by atoms with van der Waals surface area (Å²) in [6, 6.07) is 16.0. The van der Waals surface area contributed by atoms with Crippen molar-refractivity contribution in [2.45, 2.75) is 19.0 Å². The predicted octanol–water partition coefficient (Wildman–Crippen LogP) is 2.43. The molecule has 1 atom stereocenters. The molecule has 1 aliphatic rings. The Bertz CT molecular complexity index is 654. The standard InChI is InChI=1S/C17H19N3O/c18-17(21)12-5-3-6-14(10-12)20-16-8-9-19-11-13-4-1-2-7-15(13)16/h1-7,10,16,19-20H,8-9,11H2,(H2,18,21). The number of benzene rings is 2. The lowest BCUT2D eigenvalue weighted by atomic mass is 9.99. The molecule has 0 aromatic heterocycles. The highest BCUT2D eigenvalue weighted by molar-refractivity contribution is 5.93. The van der Waals surface area contributed by atoms with Gasteiger partial charge in [0, 0.05) is 17.8 Å². The molecule has 0 fully saturated rings. The summed E-state index contributed by atoms with van der Waals surface area (Å²) in [7, 11) is 0. The summed E-state index contributed by atoms with van der Waals surface area (Å²) in [6.45, 7) is 1.86.